The Bertz CT molecular complexity index is 1280. The zero-order valence-electron chi connectivity index (χ0n) is 20.4. The summed E-state index contributed by atoms with van der Waals surface area (Å²) in [5, 5.41) is 7.14. The fourth-order valence-electron chi connectivity index (χ4n) is 3.89. The van der Waals surface area contributed by atoms with Gasteiger partial charge in [-0.15, -0.1) is 0 Å². The molecule has 1 aromatic carbocycles. The van der Waals surface area contributed by atoms with Gasteiger partial charge in [0.1, 0.15) is 5.82 Å². The molecule has 3 heterocycles. The number of aromatic nitrogens is 3. The minimum Gasteiger partial charge on any atom is -0.454 e. The maximum Gasteiger partial charge on any atom is 0.491 e. The van der Waals surface area contributed by atoms with E-state index in [4.69, 9.17) is 14.0 Å². The number of ether oxygens (including phenoxy) is 3. The van der Waals surface area contributed by atoms with Crippen LogP contribution in [0.2, 0.25) is 0 Å². The number of rotatable bonds is 11. The fraction of sp³-hybridized carbons (Fsp3) is 0.400. The summed E-state index contributed by atoms with van der Waals surface area (Å²) in [4.78, 5) is 32.2. The molecule has 10 nitrogen and oxygen atoms in total. The zero-order chi connectivity index (χ0) is 27.1. The third kappa shape index (κ3) is 7.20. The third-order valence-electron chi connectivity index (χ3n) is 5.65. The first-order valence-corrected chi connectivity index (χ1v) is 11.9. The van der Waals surface area contributed by atoms with Crippen molar-refractivity contribution in [2.45, 2.75) is 51.1 Å². The van der Waals surface area contributed by atoms with E-state index in [0.717, 1.165) is 18.1 Å². The maximum absolute atomic E-state index is 12.5. The van der Waals surface area contributed by atoms with Crippen LogP contribution in [-0.2, 0) is 33.6 Å². The van der Waals surface area contributed by atoms with Crippen molar-refractivity contribution in [1.82, 2.24) is 15.1 Å². The van der Waals surface area contributed by atoms with Crippen LogP contribution in [0.4, 0.5) is 19.0 Å². The smallest absolute Gasteiger partial charge is 0.454 e. The molecule has 2 aromatic heterocycles. The minimum absolute atomic E-state index is 0.0214. The van der Waals surface area contributed by atoms with Crippen molar-refractivity contribution in [3.63, 3.8) is 0 Å². The number of anilines is 1. The first-order chi connectivity index (χ1) is 18.2. The molecule has 1 aliphatic rings. The largest absolute Gasteiger partial charge is 0.491 e. The molecule has 0 saturated carbocycles. The Morgan fingerprint density at radius 3 is 2.71 bits per heavy atom. The number of hydrogen-bond donors (Lipinski definition) is 1. The van der Waals surface area contributed by atoms with E-state index in [0.29, 0.717) is 42.1 Å². The van der Waals surface area contributed by atoms with Crippen molar-refractivity contribution in [2.75, 3.05) is 18.7 Å². The average Bonchev–Trinajstić information content (AvgIpc) is 3.52. The summed E-state index contributed by atoms with van der Waals surface area (Å²) < 4.78 is 57.6. The van der Waals surface area contributed by atoms with Gasteiger partial charge < -0.3 is 24.1 Å². The molecule has 1 unspecified atom stereocenters. The maximum atomic E-state index is 12.5. The monoisotopic (exact) mass is 534 g/mol. The number of pyridine rings is 1. The lowest BCUT2D eigenvalue weighted by atomic mass is 9.92. The SMILES string of the molecule is CCNc1cccc(CCCc2noc(CC(CC(=O)OC(=O)C(F)(F)F)c3ccc4c(c3)OCO4)n2)n1. The van der Waals surface area contributed by atoms with Crippen molar-refractivity contribution >= 4 is 17.8 Å². The number of fused-ring (bicyclic) bond motifs is 1. The molecular formula is C25H25F3N4O6. The first kappa shape index (κ1) is 26.9. The van der Waals surface area contributed by atoms with Crippen LogP contribution in [0.3, 0.4) is 0 Å². The van der Waals surface area contributed by atoms with E-state index in [-0.39, 0.29) is 19.1 Å². The van der Waals surface area contributed by atoms with Crippen molar-refractivity contribution in [2.24, 2.45) is 0 Å². The lowest BCUT2D eigenvalue weighted by Gasteiger charge is -2.15. The molecule has 3 aromatic rings. The molecule has 0 spiro atoms. The van der Waals surface area contributed by atoms with Gasteiger partial charge in [0.05, 0.1) is 6.42 Å². The van der Waals surface area contributed by atoms with Gasteiger partial charge >= 0.3 is 18.1 Å². The highest BCUT2D eigenvalue weighted by Crippen LogP contribution is 2.36. The van der Waals surface area contributed by atoms with Gasteiger partial charge in [-0.2, -0.15) is 18.2 Å². The Kier molecular flexibility index (Phi) is 8.44. The number of carbonyl (C=O) groups is 2. The predicted octanol–water partition coefficient (Wildman–Crippen LogP) is 4.15. The molecule has 0 bridgehead atoms. The summed E-state index contributed by atoms with van der Waals surface area (Å²) in [6, 6.07) is 10.6. The molecular weight excluding hydrogens is 509 g/mol. The summed E-state index contributed by atoms with van der Waals surface area (Å²) in [5.74, 6) is -2.29. The third-order valence-corrected chi connectivity index (χ3v) is 5.65. The van der Waals surface area contributed by atoms with Crippen molar-refractivity contribution < 1.29 is 41.5 Å². The molecule has 1 atom stereocenters. The number of benzene rings is 1. The molecule has 1 N–H and O–H groups in total. The van der Waals surface area contributed by atoms with E-state index in [9.17, 15) is 22.8 Å². The molecule has 13 heteroatoms. The summed E-state index contributed by atoms with van der Waals surface area (Å²) in [5.41, 5.74) is 1.46. The van der Waals surface area contributed by atoms with Crippen molar-refractivity contribution in [3.8, 4) is 11.5 Å². The Balaban J connectivity index is 1.41. The van der Waals surface area contributed by atoms with Crippen LogP contribution < -0.4 is 14.8 Å². The minimum atomic E-state index is -5.28. The topological polar surface area (TPSA) is 126 Å². The molecule has 0 radical (unpaired) electrons. The van der Waals surface area contributed by atoms with Gasteiger partial charge in [-0.05, 0) is 49.6 Å². The fourth-order valence-corrected chi connectivity index (χ4v) is 3.89. The Morgan fingerprint density at radius 1 is 1.11 bits per heavy atom. The molecule has 38 heavy (non-hydrogen) atoms. The number of alkyl halides is 3. The number of nitrogens with zero attached hydrogens (tertiary/aromatic N) is 3. The van der Waals surface area contributed by atoms with E-state index < -0.39 is 30.5 Å². The highest BCUT2D eigenvalue weighted by Gasteiger charge is 2.42. The van der Waals surface area contributed by atoms with E-state index in [1.807, 2.05) is 25.1 Å². The highest BCUT2D eigenvalue weighted by atomic mass is 19.4. The lowest BCUT2D eigenvalue weighted by molar-refractivity contribution is -0.202. The van der Waals surface area contributed by atoms with Gasteiger partial charge in [-0.1, -0.05) is 17.3 Å². The van der Waals surface area contributed by atoms with E-state index in [2.05, 4.69) is 25.2 Å². The number of halogens is 3. The second kappa shape index (κ2) is 11.9. The predicted molar refractivity (Wildman–Crippen MR) is 126 cm³/mol. The molecule has 1 aliphatic heterocycles. The molecule has 0 fully saturated rings. The van der Waals surface area contributed by atoms with Gasteiger partial charge in [0.15, 0.2) is 17.3 Å². The number of hydrogen-bond acceptors (Lipinski definition) is 10. The first-order valence-electron chi connectivity index (χ1n) is 11.9. The van der Waals surface area contributed by atoms with E-state index >= 15 is 0 Å². The summed E-state index contributed by atoms with van der Waals surface area (Å²) in [7, 11) is 0. The number of esters is 2. The van der Waals surface area contributed by atoms with E-state index in [1.165, 1.54) is 0 Å². The number of aryl methyl sites for hydroxylation is 2. The van der Waals surface area contributed by atoms with Crippen LogP contribution in [0.5, 0.6) is 11.5 Å². The summed E-state index contributed by atoms with van der Waals surface area (Å²) in [6.45, 7) is 2.78. The Hall–Kier alpha value is -4.16. The van der Waals surface area contributed by atoms with Gasteiger partial charge in [0, 0.05) is 31.0 Å². The lowest BCUT2D eigenvalue weighted by Crippen LogP contribution is -2.28. The van der Waals surface area contributed by atoms with Crippen LogP contribution in [0, 0.1) is 0 Å². The number of carbonyl (C=O) groups excluding carboxylic acids is 2. The molecule has 0 saturated heterocycles. The van der Waals surface area contributed by atoms with Crippen molar-refractivity contribution in [1.29, 1.82) is 0 Å². The Labute approximate surface area is 215 Å². The van der Waals surface area contributed by atoms with Crippen LogP contribution in [0.1, 0.15) is 48.7 Å². The van der Waals surface area contributed by atoms with Crippen molar-refractivity contribution in [3.05, 3.63) is 59.4 Å². The van der Waals surface area contributed by atoms with Crippen LogP contribution in [-0.4, -0.2) is 46.6 Å². The summed E-state index contributed by atoms with van der Waals surface area (Å²) >= 11 is 0. The van der Waals surface area contributed by atoms with Gasteiger partial charge in [-0.25, -0.2) is 9.78 Å². The van der Waals surface area contributed by atoms with Crippen LogP contribution >= 0.6 is 0 Å². The zero-order valence-corrected chi connectivity index (χ0v) is 20.4. The second-order valence-corrected chi connectivity index (χ2v) is 8.48. The van der Waals surface area contributed by atoms with E-state index in [1.54, 1.807) is 18.2 Å². The standard InChI is InChI=1S/C25H25F3N4O6/c1-2-29-20-7-3-5-17(30-20)6-4-8-21-31-22(38-32-21)12-16(13-23(33)37-24(34)25(26,27)28)15-9-10-18-19(11-15)36-14-35-18/h3,5,7,9-11,16H,2,4,6,8,12-14H2,1H3,(H,29,30). The van der Waals surface area contributed by atoms with Crippen LogP contribution in [0.25, 0.3) is 0 Å². The molecule has 0 amide bonds. The summed E-state index contributed by atoms with van der Waals surface area (Å²) in [6.07, 6.45) is -3.88. The Morgan fingerprint density at radius 2 is 1.92 bits per heavy atom. The van der Waals surface area contributed by atoms with Crippen LogP contribution in [0.15, 0.2) is 40.9 Å². The van der Waals surface area contributed by atoms with Gasteiger partial charge in [0.25, 0.3) is 0 Å². The number of nitrogens with one attached hydrogen (secondary N) is 1. The molecule has 4 rings (SSSR count). The average molecular weight is 534 g/mol. The molecule has 202 valence electrons. The normalized spacial score (nSPS) is 13.3. The molecule has 0 aliphatic carbocycles. The highest BCUT2D eigenvalue weighted by molar-refractivity contribution is 5.88. The van der Waals surface area contributed by atoms with Gasteiger partial charge in [-0.3, -0.25) is 4.79 Å². The second-order valence-electron chi connectivity index (χ2n) is 8.48. The van der Waals surface area contributed by atoms with Gasteiger partial charge in [0.2, 0.25) is 12.7 Å². The quantitative estimate of drug-likeness (QED) is 0.283.